The Labute approximate surface area is 135 Å². The Morgan fingerprint density at radius 1 is 1.50 bits per heavy atom. The fraction of sp³-hybridized carbons (Fsp3) is 0.375. The molecular weight excluding hydrogens is 302 g/mol. The zero-order valence-electron chi connectivity index (χ0n) is 12.8. The highest BCUT2D eigenvalue weighted by molar-refractivity contribution is 6.30. The molecule has 118 valence electrons. The summed E-state index contributed by atoms with van der Waals surface area (Å²) in [6.07, 6.45) is 5.69. The molecule has 1 aromatic carbocycles. The molecule has 1 heterocycles. The number of carbonyl (C=O) groups is 1. The van der Waals surface area contributed by atoms with Crippen molar-refractivity contribution in [3.05, 3.63) is 47.5 Å². The zero-order valence-corrected chi connectivity index (χ0v) is 13.5. The first-order chi connectivity index (χ1) is 10.6. The fourth-order valence-electron chi connectivity index (χ4n) is 2.02. The fourth-order valence-corrected chi connectivity index (χ4v) is 2.25. The van der Waals surface area contributed by atoms with Crippen LogP contribution in [0.15, 0.2) is 36.9 Å². The molecule has 0 saturated carbocycles. The first kappa shape index (κ1) is 16.4. The monoisotopic (exact) mass is 321 g/mol. The molecule has 1 N–H and O–H groups in total. The van der Waals surface area contributed by atoms with Gasteiger partial charge in [0.2, 0.25) is 0 Å². The van der Waals surface area contributed by atoms with Crippen molar-refractivity contribution in [3.63, 3.8) is 0 Å². The van der Waals surface area contributed by atoms with Crippen LogP contribution in [0, 0.1) is 6.92 Å². The average Bonchev–Trinajstić information content (AvgIpc) is 2.99. The molecule has 0 unspecified atom stereocenters. The molecule has 2 aromatic rings. The molecule has 0 radical (unpaired) electrons. The predicted molar refractivity (Wildman–Crippen MR) is 86.1 cm³/mol. The van der Waals surface area contributed by atoms with Gasteiger partial charge in [-0.25, -0.2) is 4.98 Å². The lowest BCUT2D eigenvalue weighted by Gasteiger charge is -2.16. The Morgan fingerprint density at radius 2 is 2.32 bits per heavy atom. The molecule has 0 bridgehead atoms. The van der Waals surface area contributed by atoms with E-state index in [0.717, 1.165) is 18.5 Å². The van der Waals surface area contributed by atoms with Gasteiger partial charge in [0, 0.05) is 30.5 Å². The average molecular weight is 322 g/mol. The number of nitrogens with zero attached hydrogens (tertiary/aromatic N) is 2. The molecule has 22 heavy (non-hydrogen) atoms. The molecule has 0 aliphatic carbocycles. The lowest BCUT2D eigenvalue weighted by Crippen LogP contribution is -2.37. The molecule has 2 rings (SSSR count). The Kier molecular flexibility index (Phi) is 5.83. The van der Waals surface area contributed by atoms with Gasteiger partial charge in [-0.2, -0.15) is 0 Å². The van der Waals surface area contributed by atoms with E-state index in [1.807, 2.05) is 23.8 Å². The largest absolute Gasteiger partial charge is 0.481 e. The first-order valence-corrected chi connectivity index (χ1v) is 7.60. The summed E-state index contributed by atoms with van der Waals surface area (Å²) >= 11 is 5.90. The topological polar surface area (TPSA) is 56.1 Å². The van der Waals surface area contributed by atoms with Crippen LogP contribution in [0.25, 0.3) is 0 Å². The van der Waals surface area contributed by atoms with Gasteiger partial charge in [0.1, 0.15) is 5.75 Å². The van der Waals surface area contributed by atoms with E-state index in [0.29, 0.717) is 17.3 Å². The van der Waals surface area contributed by atoms with Crippen LogP contribution in [0.2, 0.25) is 5.02 Å². The molecular formula is C16H20ClN3O2. The molecule has 1 amide bonds. The van der Waals surface area contributed by atoms with Crippen molar-refractivity contribution in [1.82, 2.24) is 14.9 Å². The van der Waals surface area contributed by atoms with E-state index >= 15 is 0 Å². The smallest absolute Gasteiger partial charge is 0.260 e. The maximum atomic E-state index is 12.0. The third-order valence-corrected chi connectivity index (χ3v) is 3.50. The third kappa shape index (κ3) is 4.77. The number of ether oxygens (including phenoxy) is 1. The number of aryl methyl sites for hydroxylation is 2. The lowest BCUT2D eigenvalue weighted by atomic mass is 10.2. The zero-order chi connectivity index (χ0) is 15.9. The number of amides is 1. The molecule has 1 atom stereocenters. The quantitative estimate of drug-likeness (QED) is 0.798. The molecule has 0 saturated heterocycles. The Bertz CT molecular complexity index is 614. The first-order valence-electron chi connectivity index (χ1n) is 7.22. The summed E-state index contributed by atoms with van der Waals surface area (Å²) in [5.74, 6) is 0.547. The molecule has 0 aliphatic rings. The Morgan fingerprint density at radius 3 is 3.00 bits per heavy atom. The van der Waals surface area contributed by atoms with Crippen LogP contribution in [-0.2, 0) is 11.3 Å². The Hall–Kier alpha value is -2.01. The highest BCUT2D eigenvalue weighted by atomic mass is 35.5. The number of benzene rings is 1. The molecule has 0 aliphatic heterocycles. The minimum atomic E-state index is -0.548. The van der Waals surface area contributed by atoms with E-state index in [4.69, 9.17) is 16.3 Å². The number of carbonyl (C=O) groups excluding carboxylic acids is 1. The minimum Gasteiger partial charge on any atom is -0.481 e. The molecule has 0 fully saturated rings. The van der Waals surface area contributed by atoms with Crippen LogP contribution >= 0.6 is 11.6 Å². The summed E-state index contributed by atoms with van der Waals surface area (Å²) in [5, 5.41) is 3.53. The minimum absolute atomic E-state index is 0.125. The molecule has 1 aromatic heterocycles. The van der Waals surface area contributed by atoms with Crippen molar-refractivity contribution in [2.24, 2.45) is 0 Å². The summed E-state index contributed by atoms with van der Waals surface area (Å²) in [7, 11) is 0. The number of hydrogen-bond acceptors (Lipinski definition) is 3. The Balaban J connectivity index is 1.74. The van der Waals surface area contributed by atoms with Crippen LogP contribution < -0.4 is 10.1 Å². The second kappa shape index (κ2) is 7.84. The van der Waals surface area contributed by atoms with Gasteiger partial charge in [-0.3, -0.25) is 4.79 Å². The summed E-state index contributed by atoms with van der Waals surface area (Å²) in [4.78, 5) is 16.0. The van der Waals surface area contributed by atoms with E-state index in [-0.39, 0.29) is 5.91 Å². The summed E-state index contributed by atoms with van der Waals surface area (Å²) in [6, 6.07) is 5.34. The lowest BCUT2D eigenvalue weighted by molar-refractivity contribution is -0.127. The standard InChI is InChI=1S/C16H20ClN3O2/c1-12-10-14(17)4-5-15(12)22-13(2)16(21)19-6-3-8-20-9-7-18-11-20/h4-5,7,9-11,13H,3,6,8H2,1-2H3,(H,19,21)/t13-/m0/s1. The molecule has 0 spiro atoms. The van der Waals surface area contributed by atoms with Crippen LogP contribution in [0.1, 0.15) is 18.9 Å². The maximum Gasteiger partial charge on any atom is 0.260 e. The highest BCUT2D eigenvalue weighted by Crippen LogP contribution is 2.22. The number of halogens is 1. The van der Waals surface area contributed by atoms with Crippen molar-refractivity contribution in [2.45, 2.75) is 32.9 Å². The highest BCUT2D eigenvalue weighted by Gasteiger charge is 2.15. The van der Waals surface area contributed by atoms with E-state index in [1.54, 1.807) is 31.6 Å². The van der Waals surface area contributed by atoms with E-state index in [1.165, 1.54) is 0 Å². The van der Waals surface area contributed by atoms with Gasteiger partial charge in [-0.1, -0.05) is 11.6 Å². The van der Waals surface area contributed by atoms with E-state index in [9.17, 15) is 4.79 Å². The van der Waals surface area contributed by atoms with Gasteiger partial charge in [-0.05, 0) is 44.0 Å². The van der Waals surface area contributed by atoms with Gasteiger partial charge < -0.3 is 14.6 Å². The normalized spacial score (nSPS) is 12.0. The van der Waals surface area contributed by atoms with Crippen LogP contribution in [0.4, 0.5) is 0 Å². The van der Waals surface area contributed by atoms with Crippen LogP contribution in [-0.4, -0.2) is 28.1 Å². The summed E-state index contributed by atoms with van der Waals surface area (Å²) in [6.45, 7) is 5.06. The van der Waals surface area contributed by atoms with E-state index < -0.39 is 6.10 Å². The second-order valence-corrected chi connectivity index (χ2v) is 5.55. The molecule has 6 heteroatoms. The van der Waals surface area contributed by atoms with Crippen molar-refractivity contribution in [2.75, 3.05) is 6.54 Å². The van der Waals surface area contributed by atoms with Gasteiger partial charge in [0.05, 0.1) is 6.33 Å². The van der Waals surface area contributed by atoms with E-state index in [2.05, 4.69) is 10.3 Å². The third-order valence-electron chi connectivity index (χ3n) is 3.26. The van der Waals surface area contributed by atoms with Crippen molar-refractivity contribution in [1.29, 1.82) is 0 Å². The SMILES string of the molecule is Cc1cc(Cl)ccc1O[C@@H](C)C(=O)NCCCn1ccnc1. The van der Waals surface area contributed by atoms with Crippen molar-refractivity contribution < 1.29 is 9.53 Å². The number of aromatic nitrogens is 2. The van der Waals surface area contributed by atoms with Crippen LogP contribution in [0.5, 0.6) is 5.75 Å². The number of nitrogens with one attached hydrogen (secondary N) is 1. The summed E-state index contributed by atoms with van der Waals surface area (Å²) in [5.41, 5.74) is 0.909. The predicted octanol–water partition coefficient (Wildman–Crippen LogP) is 2.82. The summed E-state index contributed by atoms with van der Waals surface area (Å²) < 4.78 is 7.65. The van der Waals surface area contributed by atoms with Crippen molar-refractivity contribution >= 4 is 17.5 Å². The van der Waals surface area contributed by atoms with Gasteiger partial charge in [0.25, 0.3) is 5.91 Å². The maximum absolute atomic E-state index is 12.0. The number of rotatable bonds is 7. The van der Waals surface area contributed by atoms with Crippen molar-refractivity contribution in [3.8, 4) is 5.75 Å². The van der Waals surface area contributed by atoms with Gasteiger partial charge >= 0.3 is 0 Å². The molecule has 5 nitrogen and oxygen atoms in total. The van der Waals surface area contributed by atoms with Gasteiger partial charge in [-0.15, -0.1) is 0 Å². The van der Waals surface area contributed by atoms with Gasteiger partial charge in [0.15, 0.2) is 6.10 Å². The van der Waals surface area contributed by atoms with Crippen LogP contribution in [0.3, 0.4) is 0 Å². The number of imidazole rings is 1. The number of hydrogen-bond donors (Lipinski definition) is 1. The second-order valence-electron chi connectivity index (χ2n) is 5.11.